The molecule has 24 heavy (non-hydrogen) atoms. The lowest BCUT2D eigenvalue weighted by Gasteiger charge is -2.22. The molecule has 1 saturated heterocycles. The van der Waals surface area contributed by atoms with Gasteiger partial charge in [0.05, 0.1) is 18.5 Å². The number of nitrogens with two attached hydrogens (primary N) is 1. The minimum absolute atomic E-state index is 0.124. The third kappa shape index (κ3) is 4.03. The molecule has 126 valence electrons. The highest BCUT2D eigenvalue weighted by atomic mass is 16.3. The van der Waals surface area contributed by atoms with E-state index in [2.05, 4.69) is 19.9 Å². The van der Waals surface area contributed by atoms with Crippen molar-refractivity contribution in [3.05, 3.63) is 48.2 Å². The first-order valence-electron chi connectivity index (χ1n) is 7.78. The monoisotopic (exact) mass is 328 g/mol. The number of rotatable bonds is 4. The van der Waals surface area contributed by atoms with Crippen LogP contribution in [0.3, 0.4) is 0 Å². The van der Waals surface area contributed by atoms with Crippen molar-refractivity contribution in [1.82, 2.24) is 19.9 Å². The molecule has 1 aliphatic rings. The highest BCUT2D eigenvalue weighted by Crippen LogP contribution is 2.15. The van der Waals surface area contributed by atoms with Gasteiger partial charge >= 0.3 is 0 Å². The molecular weight excluding hydrogens is 308 g/mol. The van der Waals surface area contributed by atoms with Crippen molar-refractivity contribution >= 4 is 11.7 Å². The lowest BCUT2D eigenvalue weighted by Crippen LogP contribution is -2.34. The van der Waals surface area contributed by atoms with Crippen LogP contribution in [0.1, 0.15) is 16.1 Å². The van der Waals surface area contributed by atoms with Crippen LogP contribution in [0.4, 0.5) is 5.82 Å². The highest BCUT2D eigenvalue weighted by molar-refractivity contribution is 5.90. The molecule has 1 aliphatic heterocycles. The van der Waals surface area contributed by atoms with Crippen molar-refractivity contribution in [3.63, 3.8) is 0 Å². The van der Waals surface area contributed by atoms with E-state index in [-0.39, 0.29) is 5.69 Å². The van der Waals surface area contributed by atoms with Crippen LogP contribution in [0.2, 0.25) is 0 Å². The van der Waals surface area contributed by atoms with Gasteiger partial charge in [-0.3, -0.25) is 19.7 Å². The fourth-order valence-corrected chi connectivity index (χ4v) is 2.78. The van der Waals surface area contributed by atoms with Gasteiger partial charge in [0.25, 0.3) is 5.91 Å². The van der Waals surface area contributed by atoms with Crippen LogP contribution >= 0.6 is 0 Å². The fraction of sp³-hybridized carbons (Fsp3) is 0.375. The Morgan fingerprint density at radius 2 is 2.12 bits per heavy atom. The van der Waals surface area contributed by atoms with Gasteiger partial charge in [-0.2, -0.15) is 0 Å². The van der Waals surface area contributed by atoms with Gasteiger partial charge in [-0.15, -0.1) is 0 Å². The number of nitrogens with zero attached hydrogens (tertiary/aromatic N) is 5. The van der Waals surface area contributed by atoms with E-state index in [1.807, 2.05) is 23.2 Å². The number of amides is 1. The summed E-state index contributed by atoms with van der Waals surface area (Å²) in [7, 11) is 0. The summed E-state index contributed by atoms with van der Waals surface area (Å²) in [6, 6.07) is 3.92. The van der Waals surface area contributed by atoms with Crippen LogP contribution in [0.5, 0.6) is 0 Å². The molecule has 0 spiro atoms. The number of aromatic nitrogens is 3. The molecule has 0 bridgehead atoms. The molecule has 1 amide bonds. The molecule has 0 radical (unpaired) electrons. The third-order valence-corrected chi connectivity index (χ3v) is 3.91. The summed E-state index contributed by atoms with van der Waals surface area (Å²) >= 11 is 0. The zero-order chi connectivity index (χ0) is 16.9. The summed E-state index contributed by atoms with van der Waals surface area (Å²) in [6.45, 7) is 3.16. The number of aliphatic hydroxyl groups excluding tert-OH is 1. The van der Waals surface area contributed by atoms with E-state index in [9.17, 15) is 9.90 Å². The molecule has 3 rings (SSSR count). The second-order valence-electron chi connectivity index (χ2n) is 5.82. The maximum Gasteiger partial charge on any atom is 0.268 e. The maximum absolute atomic E-state index is 11.3. The van der Waals surface area contributed by atoms with Crippen molar-refractivity contribution in [2.75, 3.05) is 31.1 Å². The number of carbonyl (C=O) groups excluding carboxylic acids is 1. The molecule has 0 saturated carbocycles. The highest BCUT2D eigenvalue weighted by Gasteiger charge is 2.23. The van der Waals surface area contributed by atoms with Crippen molar-refractivity contribution in [3.8, 4) is 0 Å². The fourth-order valence-electron chi connectivity index (χ4n) is 2.78. The molecular formula is C16H20N6O2. The predicted molar refractivity (Wildman–Crippen MR) is 88.3 cm³/mol. The summed E-state index contributed by atoms with van der Waals surface area (Å²) in [5, 5.41) is 10.3. The average Bonchev–Trinajstić information content (AvgIpc) is 2.77. The number of primary amides is 1. The van der Waals surface area contributed by atoms with Gasteiger partial charge in [-0.1, -0.05) is 6.07 Å². The largest absolute Gasteiger partial charge is 0.390 e. The second-order valence-corrected chi connectivity index (χ2v) is 5.82. The summed E-state index contributed by atoms with van der Waals surface area (Å²) in [6.07, 6.45) is 5.97. The number of pyridine rings is 1. The summed E-state index contributed by atoms with van der Waals surface area (Å²) in [5.41, 5.74) is 6.48. The Kier molecular flexibility index (Phi) is 4.97. The first-order chi connectivity index (χ1) is 11.6. The van der Waals surface area contributed by atoms with Gasteiger partial charge in [-0.25, -0.2) is 4.98 Å². The Balaban J connectivity index is 1.70. The molecule has 1 fully saturated rings. The molecule has 0 aliphatic carbocycles. The average molecular weight is 328 g/mol. The molecule has 3 N–H and O–H groups in total. The molecule has 2 aromatic rings. The van der Waals surface area contributed by atoms with E-state index in [4.69, 9.17) is 5.73 Å². The smallest absolute Gasteiger partial charge is 0.268 e. The van der Waals surface area contributed by atoms with Crippen LogP contribution in [0.15, 0.2) is 36.9 Å². The molecule has 8 heteroatoms. The minimum atomic E-state index is -0.613. The first kappa shape index (κ1) is 16.3. The number of hydrogen-bond donors (Lipinski definition) is 2. The van der Waals surface area contributed by atoms with E-state index in [1.165, 1.54) is 6.20 Å². The lowest BCUT2D eigenvalue weighted by molar-refractivity contribution is 0.0995. The first-order valence-corrected chi connectivity index (χ1v) is 7.78. The zero-order valence-electron chi connectivity index (χ0n) is 13.2. The molecule has 2 aromatic heterocycles. The van der Waals surface area contributed by atoms with E-state index in [1.54, 1.807) is 12.4 Å². The molecule has 3 heterocycles. The van der Waals surface area contributed by atoms with E-state index >= 15 is 0 Å². The van der Waals surface area contributed by atoms with Crippen LogP contribution in [0, 0.1) is 0 Å². The Morgan fingerprint density at radius 3 is 2.88 bits per heavy atom. The summed E-state index contributed by atoms with van der Waals surface area (Å²) < 4.78 is 0. The predicted octanol–water partition coefficient (Wildman–Crippen LogP) is -0.346. The van der Waals surface area contributed by atoms with Crippen molar-refractivity contribution in [1.29, 1.82) is 0 Å². The topological polar surface area (TPSA) is 108 Å². The molecule has 8 nitrogen and oxygen atoms in total. The van der Waals surface area contributed by atoms with Gasteiger partial charge in [0.2, 0.25) is 0 Å². The Hall–Kier alpha value is -2.58. The van der Waals surface area contributed by atoms with Crippen molar-refractivity contribution in [2.24, 2.45) is 5.73 Å². The maximum atomic E-state index is 11.3. The van der Waals surface area contributed by atoms with Gasteiger partial charge in [0, 0.05) is 45.1 Å². The van der Waals surface area contributed by atoms with Crippen LogP contribution < -0.4 is 10.6 Å². The zero-order valence-corrected chi connectivity index (χ0v) is 13.2. The minimum Gasteiger partial charge on any atom is -0.390 e. The Morgan fingerprint density at radius 1 is 1.25 bits per heavy atom. The van der Waals surface area contributed by atoms with E-state index in [0.29, 0.717) is 25.5 Å². The number of β-amino-alcohol motifs (C(OH)–C–C–N with tert-alkyl or cyclic N) is 1. The number of hydrogen-bond acceptors (Lipinski definition) is 7. The molecule has 1 atom stereocenters. The van der Waals surface area contributed by atoms with Gasteiger partial charge < -0.3 is 15.7 Å². The summed E-state index contributed by atoms with van der Waals surface area (Å²) in [5.74, 6) is -0.0634. The third-order valence-electron chi connectivity index (χ3n) is 3.91. The SMILES string of the molecule is NC(=O)c1cncc(N2CCN(Cc3cccnc3)CC(O)C2)n1. The molecule has 1 unspecified atom stereocenters. The van der Waals surface area contributed by atoms with Crippen LogP contribution in [-0.4, -0.2) is 63.1 Å². The normalized spacial score (nSPS) is 19.0. The number of anilines is 1. The van der Waals surface area contributed by atoms with Crippen LogP contribution in [0.25, 0.3) is 0 Å². The van der Waals surface area contributed by atoms with E-state index in [0.717, 1.165) is 18.7 Å². The van der Waals surface area contributed by atoms with Gasteiger partial charge in [-0.05, 0) is 11.6 Å². The second kappa shape index (κ2) is 7.33. The molecule has 0 aromatic carbocycles. The van der Waals surface area contributed by atoms with Gasteiger partial charge in [0.1, 0.15) is 11.5 Å². The quantitative estimate of drug-likeness (QED) is 0.790. The van der Waals surface area contributed by atoms with Crippen molar-refractivity contribution in [2.45, 2.75) is 12.6 Å². The Bertz CT molecular complexity index is 696. The summed E-state index contributed by atoms with van der Waals surface area (Å²) in [4.78, 5) is 27.7. The Labute approximate surface area is 140 Å². The van der Waals surface area contributed by atoms with Crippen LogP contribution in [-0.2, 0) is 6.54 Å². The number of aliphatic hydroxyl groups is 1. The van der Waals surface area contributed by atoms with E-state index < -0.39 is 12.0 Å². The van der Waals surface area contributed by atoms with Crippen molar-refractivity contribution < 1.29 is 9.90 Å². The lowest BCUT2D eigenvalue weighted by atomic mass is 10.2. The standard InChI is InChI=1S/C16H20N6O2/c17-16(24)14-7-19-8-15(20-14)22-5-4-21(10-13(23)11-22)9-12-2-1-3-18-6-12/h1-3,6-8,13,23H,4-5,9-11H2,(H2,17,24). The van der Waals surface area contributed by atoms with Gasteiger partial charge in [0.15, 0.2) is 0 Å². The number of carbonyl (C=O) groups is 1.